The maximum atomic E-state index is 12.9. The number of carbonyl (C=O) groups excluding carboxylic acids is 1. The summed E-state index contributed by atoms with van der Waals surface area (Å²) in [5, 5.41) is 1.20. The van der Waals surface area contributed by atoms with Gasteiger partial charge in [-0.1, -0.05) is 36.2 Å². The molecule has 0 saturated heterocycles. The normalized spacial score (nSPS) is 13.8. The van der Waals surface area contributed by atoms with E-state index in [1.54, 1.807) is 34.7 Å². The van der Waals surface area contributed by atoms with Crippen LogP contribution in [-0.4, -0.2) is 27.4 Å². The first-order chi connectivity index (χ1) is 13.5. The Morgan fingerprint density at radius 3 is 2.82 bits per heavy atom. The molecule has 5 nitrogen and oxygen atoms in total. The lowest BCUT2D eigenvalue weighted by Crippen LogP contribution is -2.27. The molecular weight excluding hydrogens is 374 g/mol. The Balaban J connectivity index is 1.66. The third kappa shape index (κ3) is 3.54. The summed E-state index contributed by atoms with van der Waals surface area (Å²) in [7, 11) is 1.75. The van der Waals surface area contributed by atoms with Gasteiger partial charge in [0.2, 0.25) is 0 Å². The molecule has 0 N–H and O–H groups in total. The van der Waals surface area contributed by atoms with Crippen molar-refractivity contribution in [2.45, 2.75) is 38.8 Å². The maximum Gasteiger partial charge on any atom is 0.261 e. The van der Waals surface area contributed by atoms with Crippen LogP contribution >= 0.6 is 11.6 Å². The minimum atomic E-state index is -0.126. The molecule has 28 heavy (non-hydrogen) atoms. The summed E-state index contributed by atoms with van der Waals surface area (Å²) in [6, 6.07) is 12.6. The van der Waals surface area contributed by atoms with E-state index in [0.717, 1.165) is 43.6 Å². The van der Waals surface area contributed by atoms with Crippen LogP contribution < -0.4 is 5.56 Å². The molecule has 4 rings (SSSR count). The second-order valence-electron chi connectivity index (χ2n) is 7.28. The minimum Gasteiger partial charge on any atom is -0.337 e. The second-order valence-corrected chi connectivity index (χ2v) is 7.69. The number of benzene rings is 2. The third-order valence-corrected chi connectivity index (χ3v) is 5.64. The van der Waals surface area contributed by atoms with Gasteiger partial charge in [0.25, 0.3) is 11.5 Å². The van der Waals surface area contributed by atoms with Gasteiger partial charge in [0.05, 0.1) is 10.9 Å². The van der Waals surface area contributed by atoms with E-state index >= 15 is 0 Å². The predicted octanol–water partition coefficient (Wildman–Crippen LogP) is 4.05. The molecule has 1 aliphatic heterocycles. The molecule has 1 aliphatic rings. The quantitative estimate of drug-likeness (QED) is 0.672. The molecule has 0 saturated carbocycles. The smallest absolute Gasteiger partial charge is 0.261 e. The molecule has 6 heteroatoms. The zero-order valence-corrected chi connectivity index (χ0v) is 16.6. The molecule has 1 amide bonds. The van der Waals surface area contributed by atoms with Crippen molar-refractivity contribution in [3.63, 3.8) is 0 Å². The molecule has 0 aliphatic carbocycles. The first-order valence-electron chi connectivity index (χ1n) is 9.57. The van der Waals surface area contributed by atoms with Crippen LogP contribution in [0.5, 0.6) is 0 Å². The summed E-state index contributed by atoms with van der Waals surface area (Å²) in [6.07, 6.45) is 3.95. The largest absolute Gasteiger partial charge is 0.337 e. The first kappa shape index (κ1) is 18.7. The van der Waals surface area contributed by atoms with Gasteiger partial charge < -0.3 is 4.90 Å². The topological polar surface area (TPSA) is 55.2 Å². The monoisotopic (exact) mass is 395 g/mol. The van der Waals surface area contributed by atoms with Crippen LogP contribution in [-0.2, 0) is 19.5 Å². The maximum absolute atomic E-state index is 12.9. The highest BCUT2D eigenvalue weighted by molar-refractivity contribution is 6.31. The van der Waals surface area contributed by atoms with Crippen molar-refractivity contribution in [2.24, 2.45) is 0 Å². The van der Waals surface area contributed by atoms with E-state index in [1.807, 2.05) is 24.3 Å². The molecule has 0 unspecified atom stereocenters. The summed E-state index contributed by atoms with van der Waals surface area (Å²) in [6.45, 7) is 1.13. The predicted molar refractivity (Wildman–Crippen MR) is 111 cm³/mol. The average Bonchev–Trinajstić information content (AvgIpc) is 2.94. The lowest BCUT2D eigenvalue weighted by atomic mass is 10.1. The van der Waals surface area contributed by atoms with Crippen molar-refractivity contribution in [1.29, 1.82) is 0 Å². The van der Waals surface area contributed by atoms with Crippen molar-refractivity contribution >= 4 is 28.4 Å². The fraction of sp³-hybridized carbons (Fsp3) is 0.318. The molecule has 0 radical (unpaired) electrons. The summed E-state index contributed by atoms with van der Waals surface area (Å²) in [5.74, 6) is 0.697. The van der Waals surface area contributed by atoms with E-state index in [-0.39, 0.29) is 11.5 Å². The van der Waals surface area contributed by atoms with E-state index in [2.05, 4.69) is 0 Å². The van der Waals surface area contributed by atoms with Crippen LogP contribution in [0.25, 0.3) is 10.9 Å². The van der Waals surface area contributed by atoms with Crippen molar-refractivity contribution in [1.82, 2.24) is 14.5 Å². The van der Waals surface area contributed by atoms with Crippen molar-refractivity contribution in [2.75, 3.05) is 7.05 Å². The Morgan fingerprint density at radius 2 is 2.00 bits per heavy atom. The lowest BCUT2D eigenvalue weighted by Gasteiger charge is -2.18. The standard InChI is InChI=1S/C22H22ClN3O2/c1-25(14-16-7-4-5-8-18(16)23)21(27)15-10-11-17-19(13-15)24-20-9-3-2-6-12-26(20)22(17)28/h4-5,7-8,10-11,13H,2-3,6,9,12,14H2,1H3. The number of aromatic nitrogens is 2. The summed E-state index contributed by atoms with van der Waals surface area (Å²) >= 11 is 6.21. The van der Waals surface area contributed by atoms with E-state index < -0.39 is 0 Å². The van der Waals surface area contributed by atoms with Crippen molar-refractivity contribution in [3.8, 4) is 0 Å². The van der Waals surface area contributed by atoms with Gasteiger partial charge >= 0.3 is 0 Å². The van der Waals surface area contributed by atoms with Crippen LogP contribution in [0.3, 0.4) is 0 Å². The Kier molecular flexibility index (Phi) is 5.18. The van der Waals surface area contributed by atoms with Gasteiger partial charge in [-0.05, 0) is 42.7 Å². The molecule has 0 atom stereocenters. The van der Waals surface area contributed by atoms with E-state index in [9.17, 15) is 9.59 Å². The molecule has 0 bridgehead atoms. The first-order valence-corrected chi connectivity index (χ1v) is 9.95. The van der Waals surface area contributed by atoms with Gasteiger partial charge in [0.1, 0.15) is 5.82 Å². The second kappa shape index (κ2) is 7.76. The van der Waals surface area contributed by atoms with Gasteiger partial charge in [0.15, 0.2) is 0 Å². The Labute approximate surface area is 168 Å². The fourth-order valence-electron chi connectivity index (χ4n) is 3.73. The molecule has 144 valence electrons. The Bertz CT molecular complexity index is 1110. The lowest BCUT2D eigenvalue weighted by molar-refractivity contribution is 0.0785. The molecule has 3 aromatic rings. The molecule has 2 aromatic carbocycles. The van der Waals surface area contributed by atoms with Crippen LogP contribution in [0.4, 0.5) is 0 Å². The van der Waals surface area contributed by atoms with Crippen molar-refractivity contribution in [3.05, 3.63) is 74.8 Å². The molecule has 2 heterocycles. The number of nitrogens with zero attached hydrogens (tertiary/aromatic N) is 3. The molecular formula is C22H22ClN3O2. The number of rotatable bonds is 3. The van der Waals surface area contributed by atoms with Gasteiger partial charge in [-0.2, -0.15) is 0 Å². The van der Waals surface area contributed by atoms with Crippen LogP contribution in [0.1, 0.15) is 41.0 Å². The number of amides is 1. The van der Waals surface area contributed by atoms with Crippen molar-refractivity contribution < 1.29 is 4.79 Å². The molecule has 0 fully saturated rings. The van der Waals surface area contributed by atoms with Crippen LogP contribution in [0, 0.1) is 0 Å². The Morgan fingerprint density at radius 1 is 1.18 bits per heavy atom. The van der Waals surface area contributed by atoms with E-state index in [1.165, 1.54) is 0 Å². The fourth-order valence-corrected chi connectivity index (χ4v) is 3.92. The van der Waals surface area contributed by atoms with Crippen LogP contribution in [0.15, 0.2) is 47.3 Å². The third-order valence-electron chi connectivity index (χ3n) is 5.28. The summed E-state index contributed by atoms with van der Waals surface area (Å²) in [4.78, 5) is 32.1. The highest BCUT2D eigenvalue weighted by atomic mass is 35.5. The number of fused-ring (bicyclic) bond motifs is 2. The highest BCUT2D eigenvalue weighted by Crippen LogP contribution is 2.20. The highest BCUT2D eigenvalue weighted by Gasteiger charge is 2.17. The van der Waals surface area contributed by atoms with Crippen LogP contribution in [0.2, 0.25) is 5.02 Å². The molecule has 0 spiro atoms. The molecule has 1 aromatic heterocycles. The average molecular weight is 396 g/mol. The number of hydrogen-bond donors (Lipinski definition) is 0. The van der Waals surface area contributed by atoms with Gasteiger partial charge in [-0.15, -0.1) is 0 Å². The van der Waals surface area contributed by atoms with E-state index in [4.69, 9.17) is 16.6 Å². The van der Waals surface area contributed by atoms with E-state index in [0.29, 0.717) is 28.0 Å². The van der Waals surface area contributed by atoms with Gasteiger partial charge in [-0.3, -0.25) is 14.2 Å². The zero-order chi connectivity index (χ0) is 19.7. The SMILES string of the molecule is CN(Cc1ccccc1Cl)C(=O)c1ccc2c(=O)n3c(nc2c1)CCCCC3. The van der Waals surface area contributed by atoms with Gasteiger partial charge in [0, 0.05) is 37.1 Å². The Hall–Kier alpha value is -2.66. The number of carbonyl (C=O) groups is 1. The summed E-state index contributed by atoms with van der Waals surface area (Å²) < 4.78 is 1.79. The summed E-state index contributed by atoms with van der Waals surface area (Å²) in [5.41, 5.74) is 2.00. The number of hydrogen-bond acceptors (Lipinski definition) is 3. The minimum absolute atomic E-state index is 0.00896. The van der Waals surface area contributed by atoms with Gasteiger partial charge in [-0.25, -0.2) is 4.98 Å². The zero-order valence-electron chi connectivity index (χ0n) is 15.8. The number of aryl methyl sites for hydroxylation is 1. The number of halogens is 1.